The number of halogens is 3. The first-order valence-corrected chi connectivity index (χ1v) is 9.00. The summed E-state index contributed by atoms with van der Waals surface area (Å²) < 4.78 is 47.9. The minimum atomic E-state index is -1.22. The zero-order valence-corrected chi connectivity index (χ0v) is 16.3. The first-order valence-electron chi connectivity index (χ1n) is 9.00. The van der Waals surface area contributed by atoms with Crippen molar-refractivity contribution in [3.63, 3.8) is 0 Å². The Balaban J connectivity index is 2.22. The van der Waals surface area contributed by atoms with Crippen molar-refractivity contribution in [2.24, 2.45) is 17.3 Å². The summed E-state index contributed by atoms with van der Waals surface area (Å²) in [6.07, 6.45) is 2.85. The number of hydrogen-bond acceptors (Lipinski definition) is 2. The van der Waals surface area contributed by atoms with Crippen molar-refractivity contribution in [2.75, 3.05) is 0 Å². The average Bonchev–Trinajstić information content (AvgIpc) is 3.09. The molecule has 0 unspecified atom stereocenters. The van der Waals surface area contributed by atoms with Crippen LogP contribution in [0.3, 0.4) is 0 Å². The van der Waals surface area contributed by atoms with Crippen LogP contribution in [0.1, 0.15) is 57.7 Å². The van der Waals surface area contributed by atoms with Gasteiger partial charge in [0.1, 0.15) is 12.4 Å². The second-order valence-corrected chi connectivity index (χ2v) is 7.95. The normalized spacial score (nSPS) is 20.7. The highest BCUT2D eigenvalue weighted by Gasteiger charge is 2.61. The third-order valence-corrected chi connectivity index (χ3v) is 5.28. The maximum atomic E-state index is 14.4. The van der Waals surface area contributed by atoms with Gasteiger partial charge < -0.3 is 4.74 Å². The molecule has 1 aromatic rings. The lowest BCUT2D eigenvalue weighted by Gasteiger charge is -2.15. The minimum Gasteiger partial charge on any atom is -0.460 e. The zero-order valence-electron chi connectivity index (χ0n) is 16.3. The molecule has 5 heteroatoms. The number of esters is 1. The topological polar surface area (TPSA) is 26.3 Å². The molecule has 1 aromatic carbocycles. The highest BCUT2D eigenvalue weighted by molar-refractivity contribution is 5.78. The monoisotopic (exact) mass is 368 g/mol. The second-order valence-electron chi connectivity index (χ2n) is 7.95. The Morgan fingerprint density at radius 3 is 2.27 bits per heavy atom. The van der Waals surface area contributed by atoms with Crippen molar-refractivity contribution in [3.8, 4) is 0 Å². The molecule has 0 aromatic heterocycles. The largest absolute Gasteiger partial charge is 0.460 e. The zero-order chi connectivity index (χ0) is 19.8. The van der Waals surface area contributed by atoms with E-state index in [1.807, 2.05) is 40.7 Å². The molecule has 0 N–H and O–H groups in total. The summed E-state index contributed by atoms with van der Waals surface area (Å²) in [5.41, 5.74) is 0.430. The van der Waals surface area contributed by atoms with Gasteiger partial charge in [-0.25, -0.2) is 13.2 Å². The third-order valence-electron chi connectivity index (χ3n) is 5.28. The van der Waals surface area contributed by atoms with E-state index >= 15 is 0 Å². The van der Waals surface area contributed by atoms with Gasteiger partial charge in [-0.3, -0.25) is 4.79 Å². The van der Waals surface area contributed by atoms with E-state index in [0.29, 0.717) is 6.42 Å². The maximum Gasteiger partial charge on any atom is 0.310 e. The summed E-state index contributed by atoms with van der Waals surface area (Å²) in [5.74, 6) is -3.83. The van der Waals surface area contributed by atoms with Gasteiger partial charge in [0.2, 0.25) is 0 Å². The van der Waals surface area contributed by atoms with Gasteiger partial charge in [0.05, 0.1) is 5.92 Å². The fourth-order valence-electron chi connectivity index (χ4n) is 3.58. The Morgan fingerprint density at radius 2 is 1.73 bits per heavy atom. The van der Waals surface area contributed by atoms with Gasteiger partial charge in [0.25, 0.3) is 0 Å². The number of carbonyl (C=O) groups is 1. The average molecular weight is 368 g/mol. The van der Waals surface area contributed by atoms with Gasteiger partial charge >= 0.3 is 5.97 Å². The third kappa shape index (κ3) is 3.67. The Kier molecular flexibility index (Phi) is 5.89. The van der Waals surface area contributed by atoms with Crippen LogP contribution in [0.25, 0.3) is 0 Å². The van der Waals surface area contributed by atoms with Crippen LogP contribution in [-0.2, 0) is 22.6 Å². The predicted octanol–water partition coefficient (Wildman–Crippen LogP) is 5.65. The molecule has 144 valence electrons. The van der Waals surface area contributed by atoms with Gasteiger partial charge in [-0.05, 0) is 44.1 Å². The Labute approximate surface area is 153 Å². The van der Waals surface area contributed by atoms with E-state index in [2.05, 4.69) is 0 Å². The molecular formula is C21H27F3O2. The van der Waals surface area contributed by atoms with Crippen molar-refractivity contribution < 1.29 is 22.7 Å². The van der Waals surface area contributed by atoms with Crippen LogP contribution in [0.5, 0.6) is 0 Å². The quantitative estimate of drug-likeness (QED) is 0.369. The maximum absolute atomic E-state index is 14.4. The lowest BCUT2D eigenvalue weighted by Crippen LogP contribution is -2.15. The SMILES string of the molecule is CCCc1c(F)c(C)c(F)c(F)c1COC(=O)[C@@H]1[C@@H](C=C(C)C)C1(C)C. The van der Waals surface area contributed by atoms with Crippen molar-refractivity contribution in [1.82, 2.24) is 0 Å². The smallest absolute Gasteiger partial charge is 0.310 e. The molecule has 0 amide bonds. The fraction of sp³-hybridized carbons (Fsp3) is 0.571. The molecule has 2 atom stereocenters. The molecular weight excluding hydrogens is 341 g/mol. The second kappa shape index (κ2) is 7.45. The van der Waals surface area contributed by atoms with Gasteiger partial charge in [-0.15, -0.1) is 0 Å². The number of allylic oxidation sites excluding steroid dienone is 2. The van der Waals surface area contributed by atoms with Crippen LogP contribution in [0.4, 0.5) is 13.2 Å². The predicted molar refractivity (Wildman–Crippen MR) is 95.0 cm³/mol. The fourth-order valence-corrected chi connectivity index (χ4v) is 3.58. The van der Waals surface area contributed by atoms with Crippen LogP contribution in [0.15, 0.2) is 11.6 Å². The highest BCUT2D eigenvalue weighted by atomic mass is 19.2. The molecule has 0 saturated heterocycles. The van der Waals surface area contributed by atoms with Gasteiger partial charge in [0, 0.05) is 11.1 Å². The van der Waals surface area contributed by atoms with Crippen LogP contribution in [0.2, 0.25) is 0 Å². The van der Waals surface area contributed by atoms with Crippen LogP contribution in [-0.4, -0.2) is 5.97 Å². The standard InChI is InChI=1S/C21H27F3O2/c1-7-8-13-14(19(24)18(23)12(4)17(13)22)10-26-20(25)16-15(9-11(2)3)21(16,5)6/h9,15-16H,7-8,10H2,1-6H3/t15-,16+/m1/s1. The Bertz CT molecular complexity index is 746. The van der Waals surface area contributed by atoms with Crippen molar-refractivity contribution in [3.05, 3.63) is 45.8 Å². The van der Waals surface area contributed by atoms with Gasteiger partial charge in [-0.2, -0.15) is 0 Å². The molecule has 26 heavy (non-hydrogen) atoms. The molecule has 2 nitrogen and oxygen atoms in total. The summed E-state index contributed by atoms with van der Waals surface area (Å²) in [5, 5.41) is 0. The summed E-state index contributed by atoms with van der Waals surface area (Å²) in [6.45, 7) is 10.4. The molecule has 2 rings (SSSR count). The molecule has 0 radical (unpaired) electrons. The molecule has 1 aliphatic carbocycles. The molecule has 1 saturated carbocycles. The van der Waals surface area contributed by atoms with E-state index in [9.17, 15) is 18.0 Å². The van der Waals surface area contributed by atoms with Crippen molar-refractivity contribution in [2.45, 2.75) is 61.0 Å². The lowest BCUT2D eigenvalue weighted by atomic mass is 9.98. The Morgan fingerprint density at radius 1 is 1.12 bits per heavy atom. The van der Waals surface area contributed by atoms with E-state index < -0.39 is 30.0 Å². The number of ether oxygens (including phenoxy) is 1. The summed E-state index contributed by atoms with van der Waals surface area (Å²) in [7, 11) is 0. The van der Waals surface area contributed by atoms with E-state index in [4.69, 9.17) is 4.74 Å². The van der Waals surface area contributed by atoms with Crippen molar-refractivity contribution >= 4 is 5.97 Å². The van der Waals surface area contributed by atoms with E-state index in [-0.39, 0.29) is 40.4 Å². The molecule has 0 spiro atoms. The van der Waals surface area contributed by atoms with Crippen LogP contribution >= 0.6 is 0 Å². The number of carbonyl (C=O) groups excluding carboxylic acids is 1. The number of benzene rings is 1. The lowest BCUT2D eigenvalue weighted by molar-refractivity contribution is -0.147. The molecule has 1 aliphatic rings. The highest BCUT2D eigenvalue weighted by Crippen LogP contribution is 2.59. The molecule has 0 heterocycles. The van der Waals surface area contributed by atoms with Gasteiger partial charge in [-0.1, -0.05) is 38.8 Å². The summed E-state index contributed by atoms with van der Waals surface area (Å²) in [4.78, 5) is 12.4. The minimum absolute atomic E-state index is 0.0615. The number of hydrogen-bond donors (Lipinski definition) is 0. The molecule has 0 aliphatic heterocycles. The molecule has 1 fully saturated rings. The summed E-state index contributed by atoms with van der Waals surface area (Å²) >= 11 is 0. The van der Waals surface area contributed by atoms with E-state index in [1.54, 1.807) is 0 Å². The number of rotatable bonds is 6. The Hall–Kier alpha value is -1.78. The van der Waals surface area contributed by atoms with Crippen LogP contribution in [0, 0.1) is 41.6 Å². The first-order chi connectivity index (χ1) is 12.0. The van der Waals surface area contributed by atoms with E-state index in [1.165, 1.54) is 6.92 Å². The summed E-state index contributed by atoms with van der Waals surface area (Å²) in [6, 6.07) is 0. The van der Waals surface area contributed by atoms with Crippen LogP contribution < -0.4 is 0 Å². The first kappa shape index (κ1) is 20.5. The van der Waals surface area contributed by atoms with Crippen molar-refractivity contribution in [1.29, 1.82) is 0 Å². The molecule has 0 bridgehead atoms. The van der Waals surface area contributed by atoms with Gasteiger partial charge in [0.15, 0.2) is 11.6 Å². The van der Waals surface area contributed by atoms with E-state index in [0.717, 1.165) is 5.57 Å².